The number of carbonyl (C=O) groups excluding carboxylic acids is 2. The molecule has 0 bridgehead atoms. The van der Waals surface area contributed by atoms with Crippen molar-refractivity contribution in [2.45, 2.75) is 25.6 Å². The highest BCUT2D eigenvalue weighted by molar-refractivity contribution is 5.99. The molecule has 2 aromatic carbocycles. The van der Waals surface area contributed by atoms with Crippen LogP contribution < -0.4 is 16.0 Å². The van der Waals surface area contributed by atoms with E-state index < -0.39 is 17.8 Å². The van der Waals surface area contributed by atoms with Gasteiger partial charge in [0.1, 0.15) is 0 Å². The monoisotopic (exact) mass is 363 g/mol. The Kier molecular flexibility index (Phi) is 4.58. The van der Waals surface area contributed by atoms with Gasteiger partial charge in [0.25, 0.3) is 0 Å². The van der Waals surface area contributed by atoms with E-state index in [1.54, 1.807) is 19.1 Å². The van der Waals surface area contributed by atoms with E-state index in [0.717, 1.165) is 28.9 Å². The summed E-state index contributed by atoms with van der Waals surface area (Å²) in [6, 6.07) is 8.75. The Bertz CT molecular complexity index is 848. The average molecular weight is 363 g/mol. The fourth-order valence-corrected chi connectivity index (χ4v) is 2.71. The molecule has 26 heavy (non-hydrogen) atoms. The summed E-state index contributed by atoms with van der Waals surface area (Å²) < 4.78 is 37.6. The number of rotatable bonds is 3. The lowest BCUT2D eigenvalue weighted by molar-refractivity contribution is -0.137. The van der Waals surface area contributed by atoms with Gasteiger partial charge in [0.2, 0.25) is 5.91 Å². The van der Waals surface area contributed by atoms with Crippen molar-refractivity contribution in [3.05, 3.63) is 59.2 Å². The third-order valence-corrected chi connectivity index (χ3v) is 4.07. The molecule has 0 unspecified atom stereocenters. The summed E-state index contributed by atoms with van der Waals surface area (Å²) in [5.74, 6) is -0.0715. The molecule has 3 N–H and O–H groups in total. The van der Waals surface area contributed by atoms with Gasteiger partial charge in [0.05, 0.1) is 18.0 Å². The molecule has 8 heteroatoms. The minimum atomic E-state index is -4.42. The fraction of sp³-hybridized carbons (Fsp3) is 0.222. The van der Waals surface area contributed by atoms with Crippen molar-refractivity contribution in [1.29, 1.82) is 0 Å². The van der Waals surface area contributed by atoms with Gasteiger partial charge < -0.3 is 16.0 Å². The van der Waals surface area contributed by atoms with Crippen LogP contribution in [0.5, 0.6) is 0 Å². The Morgan fingerprint density at radius 2 is 1.85 bits per heavy atom. The summed E-state index contributed by atoms with van der Waals surface area (Å²) in [6.45, 7) is 1.78. The van der Waals surface area contributed by atoms with E-state index in [0.29, 0.717) is 6.42 Å². The molecule has 1 atom stereocenters. The standard InChI is InChI=1S/C18H16F3N3O2/c1-10(11-2-7-15-12(8-11)9-16(25)24-15)22-17(26)23-14-5-3-13(4-6-14)18(19,20)21/h2-8,10H,9H2,1H3,(H,24,25)(H2,22,23,26)/t10-/m0/s1. The van der Waals surface area contributed by atoms with E-state index in [-0.39, 0.29) is 17.6 Å². The first-order valence-corrected chi connectivity index (χ1v) is 7.90. The van der Waals surface area contributed by atoms with Gasteiger partial charge in [-0.25, -0.2) is 4.79 Å². The number of nitrogens with one attached hydrogen (secondary N) is 3. The minimum Gasteiger partial charge on any atom is -0.331 e. The molecule has 136 valence electrons. The van der Waals surface area contributed by atoms with Gasteiger partial charge >= 0.3 is 12.2 Å². The van der Waals surface area contributed by atoms with Crippen LogP contribution in [0.2, 0.25) is 0 Å². The first-order chi connectivity index (χ1) is 12.2. The van der Waals surface area contributed by atoms with Gasteiger partial charge in [-0.3, -0.25) is 4.79 Å². The van der Waals surface area contributed by atoms with E-state index in [2.05, 4.69) is 16.0 Å². The molecule has 0 saturated carbocycles. The van der Waals surface area contributed by atoms with Gasteiger partial charge in [-0.1, -0.05) is 12.1 Å². The van der Waals surface area contributed by atoms with Crippen LogP contribution in [0.4, 0.5) is 29.3 Å². The maximum absolute atomic E-state index is 12.5. The second-order valence-electron chi connectivity index (χ2n) is 6.04. The molecule has 0 aromatic heterocycles. The first-order valence-electron chi connectivity index (χ1n) is 7.90. The molecular formula is C18H16F3N3O2. The van der Waals surface area contributed by atoms with Crippen molar-refractivity contribution in [2.75, 3.05) is 10.6 Å². The van der Waals surface area contributed by atoms with E-state index >= 15 is 0 Å². The van der Waals surface area contributed by atoms with Crippen molar-refractivity contribution in [2.24, 2.45) is 0 Å². The van der Waals surface area contributed by atoms with Crippen LogP contribution in [0.15, 0.2) is 42.5 Å². The van der Waals surface area contributed by atoms with Crippen LogP contribution in [0, 0.1) is 0 Å². The second kappa shape index (κ2) is 6.70. The Balaban J connectivity index is 1.61. The van der Waals surface area contributed by atoms with Gasteiger partial charge in [-0.15, -0.1) is 0 Å². The van der Waals surface area contributed by atoms with E-state index in [9.17, 15) is 22.8 Å². The number of hydrogen-bond acceptors (Lipinski definition) is 2. The number of hydrogen-bond donors (Lipinski definition) is 3. The third kappa shape index (κ3) is 3.96. The van der Waals surface area contributed by atoms with Crippen molar-refractivity contribution in [1.82, 2.24) is 5.32 Å². The number of anilines is 2. The summed E-state index contributed by atoms with van der Waals surface area (Å²) in [6.07, 6.45) is -4.12. The van der Waals surface area contributed by atoms with Crippen molar-refractivity contribution < 1.29 is 22.8 Å². The van der Waals surface area contributed by atoms with Crippen molar-refractivity contribution >= 4 is 23.3 Å². The van der Waals surface area contributed by atoms with Gasteiger partial charge in [0, 0.05) is 11.4 Å². The molecule has 0 spiro atoms. The molecule has 5 nitrogen and oxygen atoms in total. The Hall–Kier alpha value is -3.03. The molecular weight excluding hydrogens is 347 g/mol. The lowest BCUT2D eigenvalue weighted by atomic mass is 10.0. The smallest absolute Gasteiger partial charge is 0.331 e. The molecule has 1 aliphatic rings. The molecule has 3 rings (SSSR count). The zero-order valence-electron chi connectivity index (χ0n) is 13.8. The van der Waals surface area contributed by atoms with Crippen LogP contribution in [-0.2, 0) is 17.4 Å². The molecule has 2 aromatic rings. The zero-order chi connectivity index (χ0) is 18.9. The number of benzene rings is 2. The lowest BCUT2D eigenvalue weighted by Gasteiger charge is -2.16. The van der Waals surface area contributed by atoms with Crippen LogP contribution in [0.1, 0.15) is 29.7 Å². The van der Waals surface area contributed by atoms with Gasteiger partial charge in [-0.05, 0) is 48.4 Å². The van der Waals surface area contributed by atoms with Gasteiger partial charge in [0.15, 0.2) is 0 Å². The molecule has 0 radical (unpaired) electrons. The van der Waals surface area contributed by atoms with E-state index in [1.165, 1.54) is 12.1 Å². The molecule has 1 aliphatic heterocycles. The highest BCUT2D eigenvalue weighted by Crippen LogP contribution is 2.30. The summed E-state index contributed by atoms with van der Waals surface area (Å²) in [5.41, 5.74) is 1.93. The number of alkyl halides is 3. The predicted molar refractivity (Wildman–Crippen MR) is 90.8 cm³/mol. The number of fused-ring (bicyclic) bond motifs is 1. The maximum atomic E-state index is 12.5. The highest BCUT2D eigenvalue weighted by Gasteiger charge is 2.30. The summed E-state index contributed by atoms with van der Waals surface area (Å²) in [5, 5.41) is 7.94. The predicted octanol–water partition coefficient (Wildman–Crippen LogP) is 4.08. The Morgan fingerprint density at radius 3 is 2.50 bits per heavy atom. The maximum Gasteiger partial charge on any atom is 0.416 e. The van der Waals surface area contributed by atoms with Crippen LogP contribution >= 0.6 is 0 Å². The fourth-order valence-electron chi connectivity index (χ4n) is 2.71. The van der Waals surface area contributed by atoms with Crippen LogP contribution in [0.3, 0.4) is 0 Å². The zero-order valence-corrected chi connectivity index (χ0v) is 13.8. The van der Waals surface area contributed by atoms with Gasteiger partial charge in [-0.2, -0.15) is 13.2 Å². The molecule has 0 aliphatic carbocycles. The van der Waals surface area contributed by atoms with Crippen LogP contribution in [0.25, 0.3) is 0 Å². The Morgan fingerprint density at radius 1 is 1.15 bits per heavy atom. The van der Waals surface area contributed by atoms with Crippen LogP contribution in [-0.4, -0.2) is 11.9 Å². The van der Waals surface area contributed by atoms with Crippen molar-refractivity contribution in [3.8, 4) is 0 Å². The number of halogens is 3. The van der Waals surface area contributed by atoms with E-state index in [4.69, 9.17) is 0 Å². The number of urea groups is 1. The molecule has 1 heterocycles. The SMILES string of the molecule is C[C@H](NC(=O)Nc1ccc(C(F)(F)F)cc1)c1ccc2c(c1)CC(=O)N2. The average Bonchev–Trinajstić information content (AvgIpc) is 2.93. The normalized spacial score (nSPS) is 14.4. The third-order valence-electron chi connectivity index (χ3n) is 4.07. The molecule has 0 fully saturated rings. The molecule has 0 saturated heterocycles. The van der Waals surface area contributed by atoms with Crippen molar-refractivity contribution in [3.63, 3.8) is 0 Å². The summed E-state index contributed by atoms with van der Waals surface area (Å²) in [7, 11) is 0. The number of carbonyl (C=O) groups is 2. The summed E-state index contributed by atoms with van der Waals surface area (Å²) in [4.78, 5) is 23.4. The minimum absolute atomic E-state index is 0.0715. The largest absolute Gasteiger partial charge is 0.416 e. The topological polar surface area (TPSA) is 70.2 Å². The lowest BCUT2D eigenvalue weighted by Crippen LogP contribution is -2.31. The summed E-state index contributed by atoms with van der Waals surface area (Å²) >= 11 is 0. The first kappa shape index (κ1) is 17.8. The van der Waals surface area contributed by atoms with E-state index in [1.807, 2.05) is 6.07 Å². The quantitative estimate of drug-likeness (QED) is 0.769. The Labute approximate surface area is 147 Å². The number of amides is 3. The highest BCUT2D eigenvalue weighted by atomic mass is 19.4. The molecule has 3 amide bonds. The second-order valence-corrected chi connectivity index (χ2v) is 6.04.